The number of benzene rings is 2. The number of hydrogen-bond donors (Lipinski definition) is 1. The molecule has 0 saturated heterocycles. The summed E-state index contributed by atoms with van der Waals surface area (Å²) in [6, 6.07) is 11.6. The van der Waals surface area contributed by atoms with E-state index in [1.807, 2.05) is 30.6 Å². The molecule has 2 aromatic heterocycles. The largest absolute Gasteiger partial charge is 0.361 e. The minimum absolute atomic E-state index is 0.147. The van der Waals surface area contributed by atoms with Gasteiger partial charge in [0.05, 0.1) is 0 Å². The Kier molecular flexibility index (Phi) is 4.42. The molecule has 0 saturated carbocycles. The highest BCUT2D eigenvalue weighted by Gasteiger charge is 2.08. The highest BCUT2D eigenvalue weighted by atomic mass is 32.1. The molecular weight excluding hydrogens is 352 g/mol. The second kappa shape index (κ2) is 6.88. The van der Waals surface area contributed by atoms with Crippen molar-refractivity contribution in [1.82, 2.24) is 9.55 Å². The fraction of sp³-hybridized carbons (Fsp3) is 0.150. The second-order valence-corrected chi connectivity index (χ2v) is 6.96. The molecule has 0 aliphatic rings. The third-order valence-corrected chi connectivity index (χ3v) is 5.38. The van der Waals surface area contributed by atoms with E-state index in [1.165, 1.54) is 34.4 Å². The average Bonchev–Trinajstić information content (AvgIpc) is 3.19. The number of nitrogens with zero attached hydrogens (tertiary/aromatic N) is 2. The minimum atomic E-state index is -0.653. The number of H-pyrrole nitrogens is 1. The molecule has 0 amide bonds. The lowest BCUT2D eigenvalue weighted by Gasteiger charge is -2.06. The lowest BCUT2D eigenvalue weighted by molar-refractivity contribution is 0.583. The molecule has 132 valence electrons. The van der Waals surface area contributed by atoms with Gasteiger partial charge in [-0.05, 0) is 37.1 Å². The summed E-state index contributed by atoms with van der Waals surface area (Å²) in [5, 5.41) is 3.21. The lowest BCUT2D eigenvalue weighted by Crippen LogP contribution is -2.17. The zero-order valence-electron chi connectivity index (χ0n) is 14.2. The molecule has 0 unspecified atom stereocenters. The van der Waals surface area contributed by atoms with Crippen LogP contribution in [0.15, 0.2) is 59.0 Å². The van der Waals surface area contributed by atoms with Crippen molar-refractivity contribution in [2.24, 2.45) is 4.99 Å². The number of fused-ring (bicyclic) bond motifs is 1. The van der Waals surface area contributed by atoms with Gasteiger partial charge in [-0.3, -0.25) is 0 Å². The van der Waals surface area contributed by atoms with E-state index in [1.54, 1.807) is 0 Å². The van der Waals surface area contributed by atoms with Crippen LogP contribution in [0.1, 0.15) is 11.3 Å². The number of hydrogen-bond acceptors (Lipinski definition) is 2. The maximum atomic E-state index is 13.9. The van der Waals surface area contributed by atoms with Crippen molar-refractivity contribution < 1.29 is 8.78 Å². The normalized spacial score (nSPS) is 12.2. The van der Waals surface area contributed by atoms with Gasteiger partial charge in [-0.25, -0.2) is 13.8 Å². The van der Waals surface area contributed by atoms with Crippen LogP contribution in [-0.2, 0) is 13.0 Å². The van der Waals surface area contributed by atoms with Crippen LogP contribution in [0.4, 0.5) is 14.5 Å². The molecule has 4 rings (SSSR count). The third-order valence-electron chi connectivity index (χ3n) is 4.40. The molecule has 2 heterocycles. The molecule has 0 bridgehead atoms. The molecule has 3 nitrogen and oxygen atoms in total. The first kappa shape index (κ1) is 16.7. The summed E-state index contributed by atoms with van der Waals surface area (Å²) in [4.78, 5) is 8.38. The van der Waals surface area contributed by atoms with Gasteiger partial charge in [0, 0.05) is 40.8 Å². The molecule has 4 aromatic rings. The van der Waals surface area contributed by atoms with E-state index >= 15 is 0 Å². The maximum absolute atomic E-state index is 13.9. The molecule has 6 heteroatoms. The molecule has 0 radical (unpaired) electrons. The predicted octanol–water partition coefficient (Wildman–Crippen LogP) is 5.09. The van der Waals surface area contributed by atoms with Crippen LogP contribution >= 0.6 is 11.3 Å². The molecule has 0 spiro atoms. The van der Waals surface area contributed by atoms with Crippen molar-refractivity contribution in [1.29, 1.82) is 0 Å². The van der Waals surface area contributed by atoms with Gasteiger partial charge in [0.15, 0.2) is 10.6 Å². The summed E-state index contributed by atoms with van der Waals surface area (Å²) < 4.78 is 29.1. The summed E-state index contributed by atoms with van der Waals surface area (Å²) in [6.45, 7) is 2.74. The monoisotopic (exact) mass is 369 g/mol. The summed E-state index contributed by atoms with van der Waals surface area (Å²) in [6.07, 6.45) is 2.87. The van der Waals surface area contributed by atoms with Gasteiger partial charge in [-0.1, -0.05) is 18.2 Å². The number of aromatic amines is 1. The number of aromatic nitrogens is 2. The Hall–Kier alpha value is -2.73. The second-order valence-electron chi connectivity index (χ2n) is 6.13. The van der Waals surface area contributed by atoms with Crippen LogP contribution < -0.4 is 4.80 Å². The fourth-order valence-corrected chi connectivity index (χ4v) is 3.94. The quantitative estimate of drug-likeness (QED) is 0.520. The SMILES string of the molecule is Cc1csc(=Nc2ccc(F)cc2F)n1CCc1c[nH]c2ccccc12. The van der Waals surface area contributed by atoms with Gasteiger partial charge in [-0.2, -0.15) is 0 Å². The van der Waals surface area contributed by atoms with Crippen molar-refractivity contribution in [3.63, 3.8) is 0 Å². The van der Waals surface area contributed by atoms with Crippen LogP contribution in [0.5, 0.6) is 0 Å². The number of halogens is 2. The Morgan fingerprint density at radius 1 is 1.15 bits per heavy atom. The van der Waals surface area contributed by atoms with Gasteiger partial charge < -0.3 is 9.55 Å². The zero-order valence-corrected chi connectivity index (χ0v) is 15.0. The van der Waals surface area contributed by atoms with Gasteiger partial charge in [0.25, 0.3) is 0 Å². The molecule has 0 atom stereocenters. The number of aryl methyl sites for hydroxylation is 2. The van der Waals surface area contributed by atoms with Crippen LogP contribution in [0, 0.1) is 18.6 Å². The minimum Gasteiger partial charge on any atom is -0.361 e. The van der Waals surface area contributed by atoms with E-state index in [0.29, 0.717) is 4.80 Å². The van der Waals surface area contributed by atoms with E-state index in [2.05, 4.69) is 26.7 Å². The van der Waals surface area contributed by atoms with Gasteiger partial charge in [-0.15, -0.1) is 11.3 Å². The van der Waals surface area contributed by atoms with E-state index in [4.69, 9.17) is 0 Å². The first-order valence-electron chi connectivity index (χ1n) is 8.31. The van der Waals surface area contributed by atoms with Crippen LogP contribution in [0.3, 0.4) is 0 Å². The number of thiazole rings is 1. The van der Waals surface area contributed by atoms with Crippen molar-refractivity contribution in [2.75, 3.05) is 0 Å². The maximum Gasteiger partial charge on any atom is 0.190 e. The Morgan fingerprint density at radius 2 is 2.00 bits per heavy atom. The van der Waals surface area contributed by atoms with E-state index < -0.39 is 11.6 Å². The van der Waals surface area contributed by atoms with Crippen molar-refractivity contribution in [3.05, 3.63) is 81.7 Å². The zero-order chi connectivity index (χ0) is 18.1. The standard InChI is InChI=1S/C20H17F2N3S/c1-13-12-26-20(24-19-7-6-15(21)10-17(19)22)25(13)9-8-14-11-23-18-5-3-2-4-16(14)18/h2-7,10-12,23H,8-9H2,1H3. The first-order chi connectivity index (χ1) is 12.6. The lowest BCUT2D eigenvalue weighted by atomic mass is 10.1. The molecule has 26 heavy (non-hydrogen) atoms. The molecule has 0 fully saturated rings. The Labute approximate surface area is 153 Å². The number of rotatable bonds is 4. The van der Waals surface area contributed by atoms with E-state index in [0.717, 1.165) is 30.2 Å². The Morgan fingerprint density at radius 3 is 2.85 bits per heavy atom. The number of nitrogens with one attached hydrogen (secondary N) is 1. The highest BCUT2D eigenvalue weighted by Crippen LogP contribution is 2.20. The topological polar surface area (TPSA) is 33.1 Å². The summed E-state index contributed by atoms with van der Waals surface area (Å²) in [5.74, 6) is -1.25. The molecule has 0 aliphatic heterocycles. The van der Waals surface area contributed by atoms with Crippen LogP contribution in [-0.4, -0.2) is 9.55 Å². The van der Waals surface area contributed by atoms with Crippen LogP contribution in [0.2, 0.25) is 0 Å². The molecule has 2 aromatic carbocycles. The summed E-state index contributed by atoms with van der Waals surface area (Å²) in [7, 11) is 0. The van der Waals surface area contributed by atoms with Crippen molar-refractivity contribution in [2.45, 2.75) is 19.9 Å². The smallest absolute Gasteiger partial charge is 0.190 e. The molecule has 1 N–H and O–H groups in total. The summed E-state index contributed by atoms with van der Waals surface area (Å²) >= 11 is 1.45. The third kappa shape index (κ3) is 3.20. The number of para-hydroxylation sites is 1. The van der Waals surface area contributed by atoms with Gasteiger partial charge in [0.1, 0.15) is 11.5 Å². The predicted molar refractivity (Wildman–Crippen MR) is 101 cm³/mol. The molecular formula is C20H17F2N3S. The van der Waals surface area contributed by atoms with Gasteiger partial charge >= 0.3 is 0 Å². The van der Waals surface area contributed by atoms with E-state index in [9.17, 15) is 8.78 Å². The summed E-state index contributed by atoms with van der Waals surface area (Å²) in [5.41, 5.74) is 3.57. The van der Waals surface area contributed by atoms with Crippen molar-refractivity contribution >= 4 is 27.9 Å². The van der Waals surface area contributed by atoms with Gasteiger partial charge in [0.2, 0.25) is 0 Å². The first-order valence-corrected chi connectivity index (χ1v) is 9.19. The molecule has 0 aliphatic carbocycles. The fourth-order valence-electron chi connectivity index (χ4n) is 3.02. The average molecular weight is 369 g/mol. The Balaban J connectivity index is 1.65. The highest BCUT2D eigenvalue weighted by molar-refractivity contribution is 7.07. The van der Waals surface area contributed by atoms with E-state index in [-0.39, 0.29) is 5.69 Å². The van der Waals surface area contributed by atoms with Crippen LogP contribution in [0.25, 0.3) is 10.9 Å². The Bertz CT molecular complexity index is 1140. The van der Waals surface area contributed by atoms with Crippen molar-refractivity contribution in [3.8, 4) is 0 Å².